The van der Waals surface area contributed by atoms with Gasteiger partial charge in [-0.15, -0.1) is 0 Å². The van der Waals surface area contributed by atoms with Crippen LogP contribution in [0.4, 0.5) is 8.78 Å². The fraction of sp³-hybridized carbons (Fsp3) is 0.360. The van der Waals surface area contributed by atoms with Crippen molar-refractivity contribution >= 4 is 28.7 Å². The minimum atomic E-state index is -0.442. The third-order valence-corrected chi connectivity index (χ3v) is 6.31. The molecule has 1 aromatic carbocycles. The maximum absolute atomic E-state index is 13.7. The molecule has 0 radical (unpaired) electrons. The van der Waals surface area contributed by atoms with Crippen molar-refractivity contribution < 1.29 is 13.5 Å². The fourth-order valence-electron chi connectivity index (χ4n) is 4.15. The van der Waals surface area contributed by atoms with E-state index in [1.165, 1.54) is 6.07 Å². The predicted molar refractivity (Wildman–Crippen MR) is 128 cm³/mol. The lowest BCUT2D eigenvalue weighted by Crippen LogP contribution is -2.48. The minimum Gasteiger partial charge on any atom is -0.481 e. The molecule has 8 heteroatoms. The van der Waals surface area contributed by atoms with Crippen molar-refractivity contribution in [3.63, 3.8) is 0 Å². The Morgan fingerprint density at radius 3 is 2.91 bits per heavy atom. The average Bonchev–Trinajstić information content (AvgIpc) is 2.83. The molecular weight excluding hydrogens is 446 g/mol. The third-order valence-electron chi connectivity index (χ3n) is 5.99. The largest absolute Gasteiger partial charge is 0.481 e. The SMILES string of the molecule is COc1ccc2ncc(Cl)c(CC[C@@H]3CC[C@@H](NCC=Cc4cc(F)ccc4F)CN3)c2n1. The summed E-state index contributed by atoms with van der Waals surface area (Å²) >= 11 is 6.45. The lowest BCUT2D eigenvalue weighted by molar-refractivity contribution is 0.321. The molecule has 33 heavy (non-hydrogen) atoms. The monoisotopic (exact) mass is 472 g/mol. The van der Waals surface area contributed by atoms with Gasteiger partial charge in [0.05, 0.1) is 23.2 Å². The quantitative estimate of drug-likeness (QED) is 0.487. The zero-order chi connectivity index (χ0) is 23.2. The molecule has 174 valence electrons. The standard InChI is InChI=1S/C25H27ClF2N4O/c1-33-24-11-10-23-25(32-24)20(21(26)15-31-23)8-7-18-5-6-19(14-30-18)29-12-2-3-16-13-17(27)4-9-22(16)28/h2-4,9-11,13,15,18-19,29-30H,5-8,12,14H2,1H3/t18-,19+/m0/s1. The number of aromatic nitrogens is 2. The van der Waals surface area contributed by atoms with Gasteiger partial charge >= 0.3 is 0 Å². The Labute approximate surface area is 197 Å². The van der Waals surface area contributed by atoms with Gasteiger partial charge in [0.25, 0.3) is 0 Å². The Balaban J connectivity index is 1.26. The summed E-state index contributed by atoms with van der Waals surface area (Å²) in [6.07, 6.45) is 8.94. The van der Waals surface area contributed by atoms with E-state index in [0.717, 1.165) is 61.0 Å². The van der Waals surface area contributed by atoms with E-state index < -0.39 is 11.6 Å². The molecule has 0 spiro atoms. The summed E-state index contributed by atoms with van der Waals surface area (Å²) in [5.41, 5.74) is 2.85. The number of hydrogen-bond donors (Lipinski definition) is 2. The van der Waals surface area contributed by atoms with E-state index in [1.807, 2.05) is 12.1 Å². The predicted octanol–water partition coefficient (Wildman–Crippen LogP) is 4.93. The van der Waals surface area contributed by atoms with Crippen LogP contribution in [0.15, 0.2) is 42.6 Å². The van der Waals surface area contributed by atoms with Crippen LogP contribution in [0, 0.1) is 11.6 Å². The van der Waals surface area contributed by atoms with Crippen molar-refractivity contribution in [2.75, 3.05) is 20.2 Å². The van der Waals surface area contributed by atoms with Crippen LogP contribution < -0.4 is 15.4 Å². The number of nitrogens with zero attached hydrogens (tertiary/aromatic N) is 2. The second-order valence-electron chi connectivity index (χ2n) is 8.20. The summed E-state index contributed by atoms with van der Waals surface area (Å²) in [6.45, 7) is 1.45. The first-order chi connectivity index (χ1) is 16.0. The Hall–Kier alpha value is -2.61. The van der Waals surface area contributed by atoms with Gasteiger partial charge in [-0.2, -0.15) is 0 Å². The number of piperidine rings is 1. The summed E-state index contributed by atoms with van der Waals surface area (Å²) in [6, 6.07) is 7.88. The molecule has 0 bridgehead atoms. The van der Waals surface area contributed by atoms with Crippen molar-refractivity contribution in [2.24, 2.45) is 0 Å². The summed E-state index contributed by atoms with van der Waals surface area (Å²) < 4.78 is 32.2. The number of pyridine rings is 2. The molecule has 2 atom stereocenters. The van der Waals surface area contributed by atoms with Gasteiger partial charge in [-0.25, -0.2) is 13.8 Å². The smallest absolute Gasteiger partial charge is 0.213 e. The van der Waals surface area contributed by atoms with Gasteiger partial charge in [-0.05, 0) is 49.9 Å². The Morgan fingerprint density at radius 2 is 2.12 bits per heavy atom. The van der Waals surface area contributed by atoms with Gasteiger partial charge in [0, 0.05) is 48.6 Å². The zero-order valence-corrected chi connectivity index (χ0v) is 19.2. The van der Waals surface area contributed by atoms with Crippen molar-refractivity contribution in [2.45, 2.75) is 37.8 Å². The van der Waals surface area contributed by atoms with E-state index in [1.54, 1.807) is 25.4 Å². The van der Waals surface area contributed by atoms with Crippen molar-refractivity contribution in [1.82, 2.24) is 20.6 Å². The highest BCUT2D eigenvalue weighted by molar-refractivity contribution is 6.32. The number of benzene rings is 1. The van der Waals surface area contributed by atoms with E-state index in [-0.39, 0.29) is 5.56 Å². The summed E-state index contributed by atoms with van der Waals surface area (Å²) in [5, 5.41) is 7.68. The van der Waals surface area contributed by atoms with E-state index in [4.69, 9.17) is 16.3 Å². The topological polar surface area (TPSA) is 59.1 Å². The summed E-state index contributed by atoms with van der Waals surface area (Å²) in [4.78, 5) is 8.92. The first-order valence-electron chi connectivity index (χ1n) is 11.1. The highest BCUT2D eigenvalue weighted by Gasteiger charge is 2.21. The van der Waals surface area contributed by atoms with E-state index in [2.05, 4.69) is 20.6 Å². The van der Waals surface area contributed by atoms with Crippen LogP contribution in [-0.4, -0.2) is 42.3 Å². The van der Waals surface area contributed by atoms with Gasteiger partial charge in [0.1, 0.15) is 11.6 Å². The molecule has 4 rings (SSSR count). The third kappa shape index (κ3) is 6.05. The highest BCUT2D eigenvalue weighted by atomic mass is 35.5. The lowest BCUT2D eigenvalue weighted by atomic mass is 9.95. The second-order valence-corrected chi connectivity index (χ2v) is 8.61. The second kappa shape index (κ2) is 11.0. The molecule has 5 nitrogen and oxygen atoms in total. The van der Waals surface area contributed by atoms with Crippen molar-refractivity contribution in [1.29, 1.82) is 0 Å². The lowest BCUT2D eigenvalue weighted by Gasteiger charge is -2.30. The van der Waals surface area contributed by atoms with Crippen molar-refractivity contribution in [3.05, 3.63) is 70.4 Å². The normalized spacial score (nSPS) is 18.8. The first kappa shape index (κ1) is 23.5. The number of fused-ring (bicyclic) bond motifs is 1. The molecule has 3 aromatic rings. The number of halogens is 3. The van der Waals surface area contributed by atoms with Crippen LogP contribution in [0.3, 0.4) is 0 Å². The van der Waals surface area contributed by atoms with Crippen LogP contribution in [-0.2, 0) is 6.42 Å². The molecule has 0 unspecified atom stereocenters. The number of nitrogens with one attached hydrogen (secondary N) is 2. The minimum absolute atomic E-state index is 0.257. The molecule has 3 heterocycles. The van der Waals surface area contributed by atoms with Gasteiger partial charge < -0.3 is 15.4 Å². The van der Waals surface area contributed by atoms with Gasteiger partial charge in [0.2, 0.25) is 5.88 Å². The first-order valence-corrected chi connectivity index (χ1v) is 11.5. The molecule has 1 aliphatic heterocycles. The Kier molecular flexibility index (Phi) is 7.85. The van der Waals surface area contributed by atoms with Crippen LogP contribution in [0.1, 0.15) is 30.4 Å². The molecular formula is C25H27ClF2N4O. The van der Waals surface area contributed by atoms with Gasteiger partial charge in [0.15, 0.2) is 0 Å². The number of methoxy groups -OCH3 is 1. The number of rotatable bonds is 8. The number of ether oxygens (including phenoxy) is 1. The molecule has 1 fully saturated rings. The summed E-state index contributed by atoms with van der Waals surface area (Å²) in [5.74, 6) is -0.320. The highest BCUT2D eigenvalue weighted by Crippen LogP contribution is 2.27. The van der Waals surface area contributed by atoms with Gasteiger partial charge in [-0.1, -0.05) is 23.8 Å². The zero-order valence-electron chi connectivity index (χ0n) is 18.5. The van der Waals surface area contributed by atoms with Crippen LogP contribution in [0.2, 0.25) is 5.02 Å². The maximum atomic E-state index is 13.7. The Bertz CT molecular complexity index is 1130. The maximum Gasteiger partial charge on any atom is 0.213 e. The number of hydrogen-bond acceptors (Lipinski definition) is 5. The molecule has 0 amide bonds. The van der Waals surface area contributed by atoms with Crippen LogP contribution in [0.25, 0.3) is 17.1 Å². The van der Waals surface area contributed by atoms with Crippen LogP contribution in [0.5, 0.6) is 5.88 Å². The fourth-order valence-corrected chi connectivity index (χ4v) is 4.38. The number of aryl methyl sites for hydroxylation is 1. The molecule has 0 saturated carbocycles. The Morgan fingerprint density at radius 1 is 1.24 bits per heavy atom. The molecule has 1 aliphatic rings. The molecule has 0 aliphatic carbocycles. The molecule has 2 aromatic heterocycles. The van der Waals surface area contributed by atoms with Crippen molar-refractivity contribution in [3.8, 4) is 5.88 Å². The molecule has 2 N–H and O–H groups in total. The molecule has 1 saturated heterocycles. The average molecular weight is 473 g/mol. The van der Waals surface area contributed by atoms with Gasteiger partial charge in [-0.3, -0.25) is 4.98 Å². The van der Waals surface area contributed by atoms with E-state index >= 15 is 0 Å². The van der Waals surface area contributed by atoms with E-state index in [0.29, 0.717) is 29.5 Å². The van der Waals surface area contributed by atoms with E-state index in [9.17, 15) is 8.78 Å². The summed E-state index contributed by atoms with van der Waals surface area (Å²) in [7, 11) is 1.60. The van der Waals surface area contributed by atoms with Crippen LogP contribution >= 0.6 is 11.6 Å².